The molecule has 6 nitrogen and oxygen atoms in total. The standard InChI is InChI=1S/C26H37FN4O2S/c1-28(2)25-18-30(24-12-9-20-5-4-6-23(27)26(20)24)17-22(25)19-7-10-21(11-8-19)29-13-15-31(16-14-29)34(3,32)33/h4-7,10-11,19,22,24-25H,8-9,12-18H2,1-3H3/t19?,22-,24?,25+/m1/s1. The van der Waals surface area contributed by atoms with E-state index in [2.05, 4.69) is 53.1 Å². The number of fused-ring (bicyclic) bond motifs is 1. The Labute approximate surface area is 203 Å². The third-order valence-electron chi connectivity index (χ3n) is 8.36. The van der Waals surface area contributed by atoms with Crippen LogP contribution >= 0.6 is 0 Å². The highest BCUT2D eigenvalue weighted by molar-refractivity contribution is 7.88. The van der Waals surface area contributed by atoms with Crippen molar-refractivity contribution >= 4 is 10.0 Å². The average molecular weight is 489 g/mol. The largest absolute Gasteiger partial charge is 0.369 e. The molecule has 186 valence electrons. The fraction of sp³-hybridized carbons (Fsp3) is 0.615. The smallest absolute Gasteiger partial charge is 0.211 e. The number of sulfonamides is 1. The molecule has 8 heteroatoms. The highest BCUT2D eigenvalue weighted by Gasteiger charge is 2.43. The molecule has 2 aliphatic heterocycles. The van der Waals surface area contributed by atoms with E-state index in [-0.39, 0.29) is 11.9 Å². The molecule has 4 aliphatic rings. The second-order valence-corrected chi connectivity index (χ2v) is 12.5. The Bertz CT molecular complexity index is 1080. The Morgan fingerprint density at radius 1 is 1.09 bits per heavy atom. The number of benzene rings is 1. The minimum atomic E-state index is -3.11. The fourth-order valence-electron chi connectivity index (χ4n) is 6.49. The molecule has 2 saturated heterocycles. The second-order valence-electron chi connectivity index (χ2n) is 10.6. The summed E-state index contributed by atoms with van der Waals surface area (Å²) >= 11 is 0. The lowest BCUT2D eigenvalue weighted by molar-refractivity contribution is 0.209. The van der Waals surface area contributed by atoms with Gasteiger partial charge in [-0.2, -0.15) is 4.31 Å². The number of aryl methyl sites for hydroxylation is 1. The molecule has 0 bridgehead atoms. The van der Waals surface area contributed by atoms with Gasteiger partial charge in [0, 0.05) is 62.6 Å². The van der Waals surface area contributed by atoms with Crippen LogP contribution in [0.5, 0.6) is 0 Å². The number of hydrogen-bond acceptors (Lipinski definition) is 5. The average Bonchev–Trinajstić information content (AvgIpc) is 3.44. The maximum absolute atomic E-state index is 14.7. The van der Waals surface area contributed by atoms with Gasteiger partial charge in [-0.15, -0.1) is 0 Å². The van der Waals surface area contributed by atoms with E-state index in [0.717, 1.165) is 51.0 Å². The van der Waals surface area contributed by atoms with Crippen LogP contribution in [0, 0.1) is 17.7 Å². The van der Waals surface area contributed by atoms with Crippen LogP contribution in [0.15, 0.2) is 42.1 Å². The first-order chi connectivity index (χ1) is 16.2. The monoisotopic (exact) mass is 488 g/mol. The summed E-state index contributed by atoms with van der Waals surface area (Å²) in [5.74, 6) is 0.910. The first-order valence-electron chi connectivity index (χ1n) is 12.5. The zero-order chi connectivity index (χ0) is 24.0. The van der Waals surface area contributed by atoms with Crippen molar-refractivity contribution in [3.8, 4) is 0 Å². The van der Waals surface area contributed by atoms with Gasteiger partial charge in [0.15, 0.2) is 0 Å². The molecule has 2 fully saturated rings. The zero-order valence-electron chi connectivity index (χ0n) is 20.5. The molecule has 0 saturated carbocycles. The van der Waals surface area contributed by atoms with Crippen molar-refractivity contribution in [2.45, 2.75) is 31.3 Å². The summed E-state index contributed by atoms with van der Waals surface area (Å²) in [5.41, 5.74) is 3.32. The van der Waals surface area contributed by atoms with E-state index >= 15 is 0 Å². The normalized spacial score (nSPS) is 30.7. The third-order valence-corrected chi connectivity index (χ3v) is 9.67. The quantitative estimate of drug-likeness (QED) is 0.638. The number of hydrogen-bond donors (Lipinski definition) is 0. The van der Waals surface area contributed by atoms with Gasteiger partial charge in [-0.05, 0) is 62.9 Å². The predicted octanol–water partition coefficient (Wildman–Crippen LogP) is 2.71. The van der Waals surface area contributed by atoms with E-state index in [1.165, 1.54) is 17.5 Å². The van der Waals surface area contributed by atoms with Crippen molar-refractivity contribution < 1.29 is 12.8 Å². The maximum Gasteiger partial charge on any atom is 0.211 e. The number of rotatable bonds is 5. The molecule has 34 heavy (non-hydrogen) atoms. The van der Waals surface area contributed by atoms with Crippen LogP contribution in [0.4, 0.5) is 4.39 Å². The lowest BCUT2D eigenvalue weighted by Gasteiger charge is -2.37. The molecule has 0 radical (unpaired) electrons. The van der Waals surface area contributed by atoms with Crippen molar-refractivity contribution in [3.63, 3.8) is 0 Å². The van der Waals surface area contributed by atoms with Crippen LogP contribution < -0.4 is 0 Å². The van der Waals surface area contributed by atoms with Crippen molar-refractivity contribution in [1.82, 2.24) is 19.0 Å². The van der Waals surface area contributed by atoms with Gasteiger partial charge in [0.2, 0.25) is 10.0 Å². The zero-order valence-corrected chi connectivity index (χ0v) is 21.3. The Morgan fingerprint density at radius 2 is 1.85 bits per heavy atom. The van der Waals surface area contributed by atoms with E-state index in [1.807, 2.05) is 6.07 Å². The predicted molar refractivity (Wildman–Crippen MR) is 133 cm³/mol. The highest BCUT2D eigenvalue weighted by atomic mass is 32.2. The van der Waals surface area contributed by atoms with Gasteiger partial charge in [0.25, 0.3) is 0 Å². The number of allylic oxidation sites excluding steroid dienone is 3. The summed E-state index contributed by atoms with van der Waals surface area (Å²) < 4.78 is 39.9. The molecule has 2 aliphatic carbocycles. The Hall–Kier alpha value is -1.74. The van der Waals surface area contributed by atoms with Crippen LogP contribution in [0.2, 0.25) is 0 Å². The first-order valence-corrected chi connectivity index (χ1v) is 14.3. The molecule has 2 unspecified atom stereocenters. The number of likely N-dealkylation sites (tertiary alicyclic amines) is 1. The number of piperazine rings is 1. The summed E-state index contributed by atoms with van der Waals surface area (Å²) in [5, 5.41) is 0. The Morgan fingerprint density at radius 3 is 2.50 bits per heavy atom. The fourth-order valence-corrected chi connectivity index (χ4v) is 7.32. The van der Waals surface area contributed by atoms with E-state index in [0.29, 0.717) is 31.0 Å². The lowest BCUT2D eigenvalue weighted by Crippen LogP contribution is -2.47. The van der Waals surface area contributed by atoms with E-state index < -0.39 is 10.0 Å². The van der Waals surface area contributed by atoms with E-state index in [1.54, 1.807) is 10.4 Å². The van der Waals surface area contributed by atoms with Gasteiger partial charge in [-0.3, -0.25) is 4.90 Å². The summed E-state index contributed by atoms with van der Waals surface area (Å²) in [6.07, 6.45) is 11.2. The molecule has 0 amide bonds. The number of likely N-dealkylation sites (N-methyl/N-ethyl adjacent to an activating group) is 1. The summed E-state index contributed by atoms with van der Waals surface area (Å²) in [4.78, 5) is 7.18. The van der Waals surface area contributed by atoms with Crippen LogP contribution in [-0.4, -0.2) is 93.1 Å². The molecule has 4 atom stereocenters. The van der Waals surface area contributed by atoms with Crippen LogP contribution in [0.3, 0.4) is 0 Å². The molecular weight excluding hydrogens is 451 g/mol. The van der Waals surface area contributed by atoms with Gasteiger partial charge in [-0.25, -0.2) is 12.8 Å². The number of halogens is 1. The van der Waals surface area contributed by atoms with Gasteiger partial charge < -0.3 is 9.80 Å². The Balaban J connectivity index is 1.25. The van der Waals surface area contributed by atoms with Crippen molar-refractivity contribution in [2.24, 2.45) is 11.8 Å². The third kappa shape index (κ3) is 4.57. The summed E-state index contributed by atoms with van der Waals surface area (Å²) in [6.45, 7) is 4.54. The van der Waals surface area contributed by atoms with E-state index in [9.17, 15) is 12.8 Å². The summed E-state index contributed by atoms with van der Waals surface area (Å²) in [7, 11) is 1.22. The van der Waals surface area contributed by atoms with E-state index in [4.69, 9.17) is 0 Å². The summed E-state index contributed by atoms with van der Waals surface area (Å²) in [6, 6.07) is 6.16. The van der Waals surface area contributed by atoms with Crippen molar-refractivity contribution in [1.29, 1.82) is 0 Å². The molecule has 0 aromatic heterocycles. The molecule has 0 N–H and O–H groups in total. The van der Waals surface area contributed by atoms with Gasteiger partial charge in [-0.1, -0.05) is 24.3 Å². The SMILES string of the molecule is CN(C)[C@H]1CN(C2CCc3cccc(F)c32)C[C@@H]1C1C=CC(N2CCN(S(C)(=O)=O)CC2)=CC1. The van der Waals surface area contributed by atoms with Gasteiger partial charge in [0.05, 0.1) is 6.26 Å². The van der Waals surface area contributed by atoms with Crippen LogP contribution in [0.1, 0.15) is 30.0 Å². The first kappa shape index (κ1) is 24.0. The highest BCUT2D eigenvalue weighted by Crippen LogP contribution is 2.42. The molecule has 5 rings (SSSR count). The van der Waals surface area contributed by atoms with Crippen molar-refractivity contribution in [3.05, 3.63) is 59.1 Å². The molecule has 1 aromatic rings. The molecule has 2 heterocycles. The molecule has 1 aromatic carbocycles. The van der Waals surface area contributed by atoms with Crippen LogP contribution in [0.25, 0.3) is 0 Å². The van der Waals surface area contributed by atoms with Crippen LogP contribution in [-0.2, 0) is 16.4 Å². The lowest BCUT2D eigenvalue weighted by atomic mass is 9.82. The number of nitrogens with zero attached hydrogens (tertiary/aromatic N) is 4. The Kier molecular flexibility index (Phi) is 6.61. The second kappa shape index (κ2) is 9.37. The molecule has 0 spiro atoms. The minimum absolute atomic E-state index is 0.0500. The maximum atomic E-state index is 14.7. The van der Waals surface area contributed by atoms with Crippen molar-refractivity contribution in [2.75, 3.05) is 59.6 Å². The van der Waals surface area contributed by atoms with Gasteiger partial charge in [0.1, 0.15) is 5.82 Å². The topological polar surface area (TPSA) is 47.1 Å². The molecular formula is C26H37FN4O2S. The van der Waals surface area contributed by atoms with Gasteiger partial charge >= 0.3 is 0 Å². The minimum Gasteiger partial charge on any atom is -0.369 e.